The average Bonchev–Trinajstić information content (AvgIpc) is 2.42. The maximum Gasteiger partial charge on any atom is 0.251 e. The largest absolute Gasteiger partial charge is 0.366 e. The first kappa shape index (κ1) is 14.6. The topological polar surface area (TPSA) is 68.0 Å². The highest BCUT2D eigenvalue weighted by atomic mass is 35.5. The normalized spacial score (nSPS) is 10.3. The van der Waals surface area contributed by atoms with Gasteiger partial charge >= 0.3 is 0 Å². The molecule has 0 unspecified atom stereocenters. The van der Waals surface area contributed by atoms with Crippen molar-refractivity contribution in [2.75, 3.05) is 5.32 Å². The van der Waals surface area contributed by atoms with Gasteiger partial charge in [-0.15, -0.1) is 0 Å². The van der Waals surface area contributed by atoms with Gasteiger partial charge in [-0.1, -0.05) is 35.3 Å². The number of pyridine rings is 1. The summed E-state index contributed by atoms with van der Waals surface area (Å²) in [6, 6.07) is 6.20. The lowest BCUT2D eigenvalue weighted by Crippen LogP contribution is -2.16. The second kappa shape index (κ2) is 6.07. The first-order valence-corrected chi connectivity index (χ1v) is 6.34. The van der Waals surface area contributed by atoms with Crippen LogP contribution in [0.3, 0.4) is 0 Å². The number of amides is 1. The number of aromatic nitrogens is 1. The van der Waals surface area contributed by atoms with Crippen LogP contribution in [-0.2, 0) is 6.67 Å². The Labute approximate surface area is 124 Å². The van der Waals surface area contributed by atoms with Crippen molar-refractivity contribution in [3.63, 3.8) is 0 Å². The summed E-state index contributed by atoms with van der Waals surface area (Å²) in [5, 5.41) is 3.46. The summed E-state index contributed by atoms with van der Waals surface area (Å²) in [6.45, 7) is -0.793. The van der Waals surface area contributed by atoms with Crippen LogP contribution in [-0.4, -0.2) is 10.9 Å². The summed E-state index contributed by atoms with van der Waals surface area (Å²) < 4.78 is 12.9. The molecule has 1 aromatic carbocycles. The van der Waals surface area contributed by atoms with E-state index in [1.165, 1.54) is 18.3 Å². The first-order valence-electron chi connectivity index (χ1n) is 5.58. The smallest absolute Gasteiger partial charge is 0.251 e. The van der Waals surface area contributed by atoms with Gasteiger partial charge in [0.05, 0.1) is 22.0 Å². The maximum absolute atomic E-state index is 12.9. The summed E-state index contributed by atoms with van der Waals surface area (Å²) in [5.74, 6) is -0.725. The molecule has 0 radical (unpaired) electrons. The predicted octanol–water partition coefficient (Wildman–Crippen LogP) is 3.70. The maximum atomic E-state index is 12.9. The Morgan fingerprint density at radius 1 is 1.35 bits per heavy atom. The average molecular weight is 314 g/mol. The monoisotopic (exact) mass is 313 g/mol. The summed E-state index contributed by atoms with van der Waals surface area (Å²) in [6.07, 6.45) is 1.37. The number of hydrogen-bond acceptors (Lipinski definition) is 3. The van der Waals surface area contributed by atoms with Gasteiger partial charge in [-0.2, -0.15) is 0 Å². The summed E-state index contributed by atoms with van der Waals surface area (Å²) in [5.41, 5.74) is 6.39. The van der Waals surface area contributed by atoms with Crippen LogP contribution in [0.2, 0.25) is 10.2 Å². The molecule has 20 heavy (non-hydrogen) atoms. The van der Waals surface area contributed by atoms with Crippen LogP contribution in [0.15, 0.2) is 30.5 Å². The van der Waals surface area contributed by atoms with Gasteiger partial charge < -0.3 is 11.1 Å². The van der Waals surface area contributed by atoms with Crippen LogP contribution in [0.5, 0.6) is 0 Å². The summed E-state index contributed by atoms with van der Waals surface area (Å²) >= 11 is 11.8. The highest BCUT2D eigenvalue weighted by Gasteiger charge is 2.14. The number of alkyl halides is 1. The molecule has 0 aliphatic rings. The number of nitrogens with zero attached hydrogens (tertiary/aromatic N) is 1. The fraction of sp³-hybridized carbons (Fsp3) is 0.0769. The summed E-state index contributed by atoms with van der Waals surface area (Å²) in [4.78, 5) is 15.3. The van der Waals surface area contributed by atoms with Gasteiger partial charge in [0.1, 0.15) is 11.8 Å². The molecule has 0 aliphatic heterocycles. The van der Waals surface area contributed by atoms with Crippen LogP contribution in [0.25, 0.3) is 0 Å². The third kappa shape index (κ3) is 3.00. The van der Waals surface area contributed by atoms with Crippen molar-refractivity contribution < 1.29 is 9.18 Å². The fourth-order valence-electron chi connectivity index (χ4n) is 1.76. The number of primary amides is 1. The Morgan fingerprint density at radius 2 is 2.10 bits per heavy atom. The van der Waals surface area contributed by atoms with E-state index in [1.54, 1.807) is 12.1 Å². The molecule has 4 nitrogen and oxygen atoms in total. The van der Waals surface area contributed by atoms with E-state index in [1.807, 2.05) is 0 Å². The lowest BCUT2D eigenvalue weighted by molar-refractivity contribution is 0.0999. The van der Waals surface area contributed by atoms with Crippen molar-refractivity contribution in [3.05, 3.63) is 51.8 Å². The first-order chi connectivity index (χ1) is 9.52. The minimum Gasteiger partial charge on any atom is -0.366 e. The van der Waals surface area contributed by atoms with E-state index in [4.69, 9.17) is 28.9 Å². The van der Waals surface area contributed by atoms with E-state index in [9.17, 15) is 9.18 Å². The number of halogens is 3. The molecular weight excluding hydrogens is 304 g/mol. The fourth-order valence-corrected chi connectivity index (χ4v) is 2.07. The minimum absolute atomic E-state index is 0.0824. The number of anilines is 2. The van der Waals surface area contributed by atoms with E-state index in [0.29, 0.717) is 16.4 Å². The number of benzene rings is 1. The molecule has 0 saturated carbocycles. The zero-order chi connectivity index (χ0) is 14.7. The molecule has 0 atom stereocenters. The molecule has 2 aromatic rings. The molecule has 7 heteroatoms. The lowest BCUT2D eigenvalue weighted by Gasteiger charge is -2.13. The van der Waals surface area contributed by atoms with Crippen molar-refractivity contribution in [2.24, 2.45) is 5.73 Å². The lowest BCUT2D eigenvalue weighted by atomic mass is 10.1. The van der Waals surface area contributed by atoms with Crippen molar-refractivity contribution in [1.29, 1.82) is 0 Å². The number of carbonyl (C=O) groups excluding carboxylic acids is 1. The molecule has 1 amide bonds. The molecule has 0 saturated heterocycles. The van der Waals surface area contributed by atoms with Crippen molar-refractivity contribution in [2.45, 2.75) is 6.67 Å². The van der Waals surface area contributed by atoms with E-state index in [0.717, 1.165) is 0 Å². The molecular formula is C13H10Cl2FN3O. The predicted molar refractivity (Wildman–Crippen MR) is 77.3 cm³/mol. The quantitative estimate of drug-likeness (QED) is 0.846. The van der Waals surface area contributed by atoms with Gasteiger partial charge in [0, 0.05) is 12.3 Å². The Bertz CT molecular complexity index is 664. The van der Waals surface area contributed by atoms with Crippen LogP contribution >= 0.6 is 23.2 Å². The second-order valence-corrected chi connectivity index (χ2v) is 4.74. The zero-order valence-electron chi connectivity index (χ0n) is 10.2. The third-order valence-electron chi connectivity index (χ3n) is 2.63. The number of hydrogen-bond donors (Lipinski definition) is 2. The van der Waals surface area contributed by atoms with Crippen LogP contribution in [0.1, 0.15) is 15.9 Å². The van der Waals surface area contributed by atoms with Crippen LogP contribution < -0.4 is 11.1 Å². The van der Waals surface area contributed by atoms with Crippen molar-refractivity contribution in [3.8, 4) is 0 Å². The molecule has 0 spiro atoms. The number of nitrogens with one attached hydrogen (secondary N) is 1. The number of rotatable bonds is 4. The third-order valence-corrected chi connectivity index (χ3v) is 3.14. The molecule has 104 valence electrons. The molecule has 0 fully saturated rings. The van der Waals surface area contributed by atoms with E-state index >= 15 is 0 Å². The molecule has 1 aromatic heterocycles. The van der Waals surface area contributed by atoms with E-state index < -0.39 is 12.6 Å². The minimum atomic E-state index is -0.793. The summed E-state index contributed by atoms with van der Waals surface area (Å²) in [7, 11) is 0. The Kier molecular flexibility index (Phi) is 4.42. The molecule has 0 bridgehead atoms. The van der Waals surface area contributed by atoms with Gasteiger partial charge in [-0.3, -0.25) is 4.79 Å². The SMILES string of the molecule is NC(=O)c1c(CF)cccc1Nc1cc(Cl)ncc1Cl. The van der Waals surface area contributed by atoms with E-state index in [2.05, 4.69) is 10.3 Å². The Balaban J connectivity index is 2.48. The Morgan fingerprint density at radius 3 is 2.75 bits per heavy atom. The standard InChI is InChI=1S/C13H10Cl2FN3O/c14-8-6-18-11(15)4-10(8)19-9-3-1-2-7(5-16)12(9)13(17)20/h1-4,6H,5H2,(H2,17,20)(H,18,19). The number of nitrogens with two attached hydrogens (primary N) is 1. The molecule has 3 N–H and O–H groups in total. The highest BCUT2D eigenvalue weighted by molar-refractivity contribution is 6.34. The van der Waals surface area contributed by atoms with Gasteiger partial charge in [-0.25, -0.2) is 9.37 Å². The van der Waals surface area contributed by atoms with Gasteiger partial charge in [0.25, 0.3) is 5.91 Å². The highest BCUT2D eigenvalue weighted by Crippen LogP contribution is 2.29. The molecule has 2 rings (SSSR count). The van der Waals surface area contributed by atoms with Gasteiger partial charge in [-0.05, 0) is 11.6 Å². The Hall–Kier alpha value is -1.85. The van der Waals surface area contributed by atoms with Crippen LogP contribution in [0, 0.1) is 0 Å². The van der Waals surface area contributed by atoms with Gasteiger partial charge in [0.2, 0.25) is 0 Å². The van der Waals surface area contributed by atoms with Crippen LogP contribution in [0.4, 0.5) is 15.8 Å². The van der Waals surface area contributed by atoms with Gasteiger partial charge in [0.15, 0.2) is 0 Å². The molecule has 1 heterocycles. The number of carbonyl (C=O) groups is 1. The van der Waals surface area contributed by atoms with Crippen molar-refractivity contribution >= 4 is 40.5 Å². The second-order valence-electron chi connectivity index (χ2n) is 3.95. The van der Waals surface area contributed by atoms with Crippen molar-refractivity contribution in [1.82, 2.24) is 4.98 Å². The zero-order valence-corrected chi connectivity index (χ0v) is 11.7. The molecule has 0 aliphatic carbocycles. The van der Waals surface area contributed by atoms with E-state index in [-0.39, 0.29) is 16.3 Å².